The molecule has 142 valence electrons. The van der Waals surface area contributed by atoms with E-state index in [-0.39, 0.29) is 5.56 Å². The summed E-state index contributed by atoms with van der Waals surface area (Å²) in [5, 5.41) is 9.46. The van der Waals surface area contributed by atoms with E-state index in [0.717, 1.165) is 11.0 Å². The summed E-state index contributed by atoms with van der Waals surface area (Å²) in [6.07, 6.45) is 3.08. The van der Waals surface area contributed by atoms with Crippen molar-refractivity contribution in [3.63, 3.8) is 0 Å². The number of carboxylic acid groups (broad SMARTS) is 1. The predicted octanol–water partition coefficient (Wildman–Crippen LogP) is 3.17. The van der Waals surface area contributed by atoms with E-state index in [2.05, 4.69) is 17.6 Å². The molecular formula is C19H22BNO5S. The van der Waals surface area contributed by atoms with Crippen molar-refractivity contribution in [2.75, 3.05) is 5.75 Å². The van der Waals surface area contributed by atoms with E-state index in [1.165, 1.54) is 6.20 Å². The van der Waals surface area contributed by atoms with Crippen LogP contribution in [0, 0.1) is 0 Å². The number of H-pyrrole nitrogens is 1. The third kappa shape index (κ3) is 3.57. The van der Waals surface area contributed by atoms with Gasteiger partial charge in [0.2, 0.25) is 5.43 Å². The molecule has 27 heavy (non-hydrogen) atoms. The molecule has 2 heterocycles. The van der Waals surface area contributed by atoms with Crippen molar-refractivity contribution in [2.24, 2.45) is 0 Å². The van der Waals surface area contributed by atoms with Crippen LogP contribution in [0.25, 0.3) is 17.0 Å². The molecule has 0 bridgehead atoms. The lowest BCUT2D eigenvalue weighted by molar-refractivity contribution is 0.00578. The summed E-state index contributed by atoms with van der Waals surface area (Å²) in [6, 6.07) is 5.25. The molecule has 0 atom stereocenters. The van der Waals surface area contributed by atoms with E-state index in [0.29, 0.717) is 16.7 Å². The number of hydrogen-bond donors (Lipinski definition) is 3. The summed E-state index contributed by atoms with van der Waals surface area (Å²) in [6.45, 7) is 7.91. The smallest absolute Gasteiger partial charge is 0.477 e. The Balaban J connectivity index is 2.02. The second kappa shape index (κ2) is 6.85. The average molecular weight is 387 g/mol. The number of benzene rings is 1. The van der Waals surface area contributed by atoms with Gasteiger partial charge in [-0.15, -0.1) is 0 Å². The van der Waals surface area contributed by atoms with Crippen molar-refractivity contribution >= 4 is 42.7 Å². The van der Waals surface area contributed by atoms with E-state index in [1.807, 2.05) is 39.8 Å². The molecule has 1 fully saturated rings. The minimum absolute atomic E-state index is 0.288. The topological polar surface area (TPSA) is 88.6 Å². The number of aromatic carboxylic acids is 1. The van der Waals surface area contributed by atoms with Crippen LogP contribution in [0.3, 0.4) is 0 Å². The molecular weight excluding hydrogens is 365 g/mol. The van der Waals surface area contributed by atoms with Gasteiger partial charge in [-0.05, 0) is 50.9 Å². The molecule has 1 aromatic heterocycles. The zero-order chi connectivity index (χ0) is 20.0. The van der Waals surface area contributed by atoms with Gasteiger partial charge < -0.3 is 19.4 Å². The van der Waals surface area contributed by atoms with Gasteiger partial charge in [-0.1, -0.05) is 12.1 Å². The standard InChI is InChI=1S/C19H22BNO5S/c1-18(2)19(3,4)26-20(25-18)12(10-27)7-11-5-6-15-13(8-11)16(22)14(9-21-15)17(23)24/h5-9,27H,10H2,1-4H3,(H,21,22)(H,23,24). The van der Waals surface area contributed by atoms with Gasteiger partial charge in [0.15, 0.2) is 0 Å². The van der Waals surface area contributed by atoms with Gasteiger partial charge in [-0.3, -0.25) is 4.79 Å². The maximum atomic E-state index is 12.4. The summed E-state index contributed by atoms with van der Waals surface area (Å²) >= 11 is 4.40. The second-order valence-electron chi connectivity index (χ2n) is 7.61. The predicted molar refractivity (Wildman–Crippen MR) is 109 cm³/mol. The lowest BCUT2D eigenvalue weighted by Crippen LogP contribution is -2.41. The molecule has 1 aromatic carbocycles. The Labute approximate surface area is 163 Å². The first kappa shape index (κ1) is 19.7. The number of aromatic nitrogens is 1. The number of aromatic amines is 1. The van der Waals surface area contributed by atoms with Crippen LogP contribution in [-0.4, -0.2) is 40.1 Å². The van der Waals surface area contributed by atoms with Crippen LogP contribution in [0.1, 0.15) is 43.6 Å². The van der Waals surface area contributed by atoms with Crippen LogP contribution in [0.15, 0.2) is 34.7 Å². The third-order valence-electron chi connectivity index (χ3n) is 5.23. The highest BCUT2D eigenvalue weighted by Crippen LogP contribution is 2.39. The van der Waals surface area contributed by atoms with Gasteiger partial charge in [0.1, 0.15) is 5.56 Å². The Morgan fingerprint density at radius 2 is 1.89 bits per heavy atom. The number of thiol groups is 1. The van der Waals surface area contributed by atoms with E-state index in [4.69, 9.17) is 14.4 Å². The molecule has 0 radical (unpaired) electrons. The second-order valence-corrected chi connectivity index (χ2v) is 7.92. The van der Waals surface area contributed by atoms with Gasteiger partial charge in [0.25, 0.3) is 0 Å². The third-order valence-corrected chi connectivity index (χ3v) is 5.59. The molecule has 1 aliphatic heterocycles. The largest absolute Gasteiger partial charge is 0.491 e. The van der Waals surface area contributed by atoms with Crippen molar-refractivity contribution < 1.29 is 19.2 Å². The van der Waals surface area contributed by atoms with E-state index in [1.54, 1.807) is 12.1 Å². The molecule has 0 amide bonds. The Bertz CT molecular complexity index is 979. The van der Waals surface area contributed by atoms with Crippen LogP contribution < -0.4 is 5.43 Å². The highest BCUT2D eigenvalue weighted by Gasteiger charge is 2.52. The summed E-state index contributed by atoms with van der Waals surface area (Å²) < 4.78 is 12.1. The molecule has 0 spiro atoms. The highest BCUT2D eigenvalue weighted by molar-refractivity contribution is 7.80. The van der Waals surface area contributed by atoms with Gasteiger partial charge in [-0.2, -0.15) is 12.6 Å². The van der Waals surface area contributed by atoms with Gasteiger partial charge in [-0.25, -0.2) is 4.79 Å². The SMILES string of the molecule is CC1(C)OB(C(=Cc2ccc3[nH]cc(C(=O)O)c(=O)c3c2)CS)OC1(C)C. The highest BCUT2D eigenvalue weighted by atomic mass is 32.1. The van der Waals surface area contributed by atoms with E-state index in [9.17, 15) is 9.59 Å². The molecule has 2 N–H and O–H groups in total. The molecule has 3 rings (SSSR count). The Morgan fingerprint density at radius 1 is 1.26 bits per heavy atom. The number of carboxylic acids is 1. The normalized spacial score (nSPS) is 18.9. The Kier molecular flexibility index (Phi) is 5.01. The van der Waals surface area contributed by atoms with Crippen LogP contribution >= 0.6 is 12.6 Å². The van der Waals surface area contributed by atoms with Crippen molar-refractivity contribution in [3.05, 3.63) is 51.2 Å². The van der Waals surface area contributed by atoms with Gasteiger partial charge >= 0.3 is 13.1 Å². The maximum Gasteiger partial charge on any atom is 0.491 e. The van der Waals surface area contributed by atoms with Crippen LogP contribution in [0.2, 0.25) is 0 Å². The molecule has 1 aliphatic rings. The number of rotatable bonds is 4. The molecule has 6 nitrogen and oxygen atoms in total. The Morgan fingerprint density at radius 3 is 2.44 bits per heavy atom. The quantitative estimate of drug-likeness (QED) is 0.554. The lowest BCUT2D eigenvalue weighted by Gasteiger charge is -2.32. The minimum atomic E-state index is -1.26. The number of carbonyl (C=O) groups is 1. The summed E-state index contributed by atoms with van der Waals surface area (Å²) in [7, 11) is -0.535. The Hall–Kier alpha value is -2.03. The fourth-order valence-corrected chi connectivity index (χ4v) is 3.12. The summed E-state index contributed by atoms with van der Waals surface area (Å²) in [5.41, 5.74) is 0.410. The van der Waals surface area contributed by atoms with Crippen LogP contribution in [0.4, 0.5) is 0 Å². The number of hydrogen-bond acceptors (Lipinski definition) is 5. The number of pyridine rings is 1. The molecule has 8 heteroatoms. The zero-order valence-electron chi connectivity index (χ0n) is 15.7. The monoisotopic (exact) mass is 387 g/mol. The van der Waals surface area contributed by atoms with E-state index >= 15 is 0 Å². The van der Waals surface area contributed by atoms with Crippen molar-refractivity contribution in [3.8, 4) is 0 Å². The van der Waals surface area contributed by atoms with Crippen LogP contribution in [0.5, 0.6) is 0 Å². The first-order chi connectivity index (χ1) is 12.6. The minimum Gasteiger partial charge on any atom is -0.477 e. The first-order valence-electron chi connectivity index (χ1n) is 8.61. The van der Waals surface area contributed by atoms with Crippen molar-refractivity contribution in [1.82, 2.24) is 4.98 Å². The fraction of sp³-hybridized carbons (Fsp3) is 0.368. The molecule has 0 saturated carbocycles. The van der Waals surface area contributed by atoms with Crippen molar-refractivity contribution in [1.29, 1.82) is 0 Å². The van der Waals surface area contributed by atoms with Crippen molar-refractivity contribution in [2.45, 2.75) is 38.9 Å². The number of fused-ring (bicyclic) bond motifs is 1. The molecule has 1 saturated heterocycles. The lowest BCUT2D eigenvalue weighted by atomic mass is 9.78. The zero-order valence-corrected chi connectivity index (χ0v) is 16.6. The first-order valence-corrected chi connectivity index (χ1v) is 9.25. The maximum absolute atomic E-state index is 12.4. The van der Waals surface area contributed by atoms with E-state index < -0.39 is 29.7 Å². The average Bonchev–Trinajstić information content (AvgIpc) is 2.80. The summed E-state index contributed by atoms with van der Waals surface area (Å²) in [4.78, 5) is 26.5. The number of nitrogens with one attached hydrogen (secondary N) is 1. The molecule has 0 aliphatic carbocycles. The van der Waals surface area contributed by atoms with Gasteiger partial charge in [0, 0.05) is 22.9 Å². The summed E-state index contributed by atoms with van der Waals surface area (Å²) in [5.74, 6) is -0.840. The van der Waals surface area contributed by atoms with Gasteiger partial charge in [0.05, 0.1) is 11.2 Å². The molecule has 2 aromatic rings. The fourth-order valence-electron chi connectivity index (χ4n) is 2.88. The van der Waals surface area contributed by atoms with Crippen LogP contribution in [-0.2, 0) is 9.31 Å². The molecule has 0 unspecified atom stereocenters.